The van der Waals surface area contributed by atoms with Crippen LogP contribution in [0.4, 0.5) is 30.7 Å². The van der Waals surface area contributed by atoms with Crippen molar-refractivity contribution in [1.29, 1.82) is 0 Å². The molecule has 8 nitrogen and oxygen atoms in total. The van der Waals surface area contributed by atoms with Crippen LogP contribution in [0.25, 0.3) is 11.1 Å². The predicted molar refractivity (Wildman–Crippen MR) is 103 cm³/mol. The topological polar surface area (TPSA) is 112 Å². The van der Waals surface area contributed by atoms with E-state index in [1.54, 1.807) is 0 Å². The average Bonchev–Trinajstić information content (AvgIpc) is 2.81. The van der Waals surface area contributed by atoms with Gasteiger partial charge in [0.1, 0.15) is 28.4 Å². The molecule has 0 saturated heterocycles. The minimum atomic E-state index is -6.91. The Kier molecular flexibility index (Phi) is 6.29. The van der Waals surface area contributed by atoms with Gasteiger partial charge in [-0.3, -0.25) is 0 Å². The zero-order valence-corrected chi connectivity index (χ0v) is 18.3. The van der Waals surface area contributed by atoms with E-state index in [0.717, 1.165) is 39.5 Å². The van der Waals surface area contributed by atoms with Gasteiger partial charge in [0.05, 0.1) is 21.3 Å². The number of methoxy groups -OCH3 is 3. The molecular formula is C21H15F7O8. The molecule has 0 saturated carbocycles. The summed E-state index contributed by atoms with van der Waals surface area (Å²) in [4.78, 5) is 24.7. The highest BCUT2D eigenvalue weighted by Gasteiger charge is 2.82. The molecule has 2 N–H and O–H groups in total. The first-order valence-electron chi connectivity index (χ1n) is 9.49. The van der Waals surface area contributed by atoms with Gasteiger partial charge < -0.3 is 29.2 Å². The Bertz CT molecular complexity index is 1240. The molecule has 0 fully saturated rings. The van der Waals surface area contributed by atoms with Crippen molar-refractivity contribution in [3.63, 3.8) is 0 Å². The van der Waals surface area contributed by atoms with E-state index in [0.29, 0.717) is 0 Å². The molecule has 1 heterocycles. The van der Waals surface area contributed by atoms with Gasteiger partial charge >= 0.3 is 35.7 Å². The molecule has 1 unspecified atom stereocenters. The van der Waals surface area contributed by atoms with Gasteiger partial charge in [-0.1, -0.05) is 0 Å². The van der Waals surface area contributed by atoms with E-state index in [2.05, 4.69) is 14.2 Å². The maximum Gasteiger partial charge on any atom is 0.460 e. The quantitative estimate of drug-likeness (QED) is 0.443. The van der Waals surface area contributed by atoms with Gasteiger partial charge in [-0.05, 0) is 18.2 Å². The largest absolute Gasteiger partial charge is 0.506 e. The van der Waals surface area contributed by atoms with E-state index in [1.807, 2.05) is 0 Å². The Morgan fingerprint density at radius 2 is 1.53 bits per heavy atom. The first-order valence-corrected chi connectivity index (χ1v) is 9.49. The average molecular weight is 528 g/mol. The van der Waals surface area contributed by atoms with Gasteiger partial charge in [-0.15, -0.1) is 0 Å². The third-order valence-corrected chi connectivity index (χ3v) is 5.35. The lowest BCUT2D eigenvalue weighted by Crippen LogP contribution is -2.65. The first-order chi connectivity index (χ1) is 16.5. The smallest absolute Gasteiger partial charge is 0.460 e. The van der Waals surface area contributed by atoms with E-state index >= 15 is 8.78 Å². The SMILES string of the molecule is COC(=O)c1cc2c(c(C(=O)OC)c1O)-c1ccc(OC)cc1OC2(O)C(F)(F)C(F)(F)C(F)(F)F. The van der Waals surface area contributed by atoms with Crippen LogP contribution in [-0.4, -0.2) is 61.5 Å². The number of aromatic hydroxyl groups is 1. The van der Waals surface area contributed by atoms with Gasteiger partial charge in [-0.2, -0.15) is 30.7 Å². The standard InChI is InChI=1S/C21H15F7O8/c1-33-8-4-5-9-12(6-8)36-18(32,19(22,23)20(24,25)21(26,27)28)11-7-10(16(30)34-2)15(29)14(13(9)11)17(31)35-3/h4-7,29,32H,1-3H3. The van der Waals surface area contributed by atoms with Crippen molar-refractivity contribution >= 4 is 11.9 Å². The van der Waals surface area contributed by atoms with E-state index in [-0.39, 0.29) is 11.8 Å². The first kappa shape index (κ1) is 26.8. The molecule has 2 aromatic carbocycles. The number of carbonyl (C=O) groups is 2. The molecule has 15 heteroatoms. The lowest BCUT2D eigenvalue weighted by Gasteiger charge is -2.43. The minimum absolute atomic E-state index is 0.149. The zero-order chi connectivity index (χ0) is 27.4. The molecule has 0 spiro atoms. The predicted octanol–water partition coefficient (Wildman–Crippen LogP) is 4.01. The minimum Gasteiger partial charge on any atom is -0.506 e. The van der Waals surface area contributed by atoms with Crippen molar-refractivity contribution in [3.8, 4) is 28.4 Å². The highest BCUT2D eigenvalue weighted by molar-refractivity contribution is 6.07. The number of phenols is 1. The Labute approximate surface area is 196 Å². The number of fused-ring (bicyclic) bond motifs is 3. The molecule has 36 heavy (non-hydrogen) atoms. The number of benzene rings is 2. The molecule has 0 radical (unpaired) electrons. The summed E-state index contributed by atoms with van der Waals surface area (Å²) >= 11 is 0. The summed E-state index contributed by atoms with van der Waals surface area (Å²) in [7, 11) is 2.59. The second-order valence-electron chi connectivity index (χ2n) is 7.31. The van der Waals surface area contributed by atoms with Crippen LogP contribution in [0.15, 0.2) is 24.3 Å². The summed E-state index contributed by atoms with van der Waals surface area (Å²) in [6.45, 7) is 0. The lowest BCUT2D eigenvalue weighted by atomic mass is 9.81. The second kappa shape index (κ2) is 8.43. The molecule has 2 aromatic rings. The molecule has 0 aliphatic carbocycles. The van der Waals surface area contributed by atoms with Gasteiger partial charge in [0.2, 0.25) is 0 Å². The van der Waals surface area contributed by atoms with Gasteiger partial charge in [-0.25, -0.2) is 9.59 Å². The summed E-state index contributed by atoms with van der Waals surface area (Å²) in [6, 6.07) is 3.06. The number of hydrogen-bond acceptors (Lipinski definition) is 8. The van der Waals surface area contributed by atoms with E-state index in [1.165, 1.54) is 0 Å². The Morgan fingerprint density at radius 3 is 2.03 bits per heavy atom. The number of rotatable bonds is 5. The third kappa shape index (κ3) is 3.56. The highest BCUT2D eigenvalue weighted by Crippen LogP contribution is 2.60. The molecule has 0 bridgehead atoms. The maximum atomic E-state index is 15.1. The fourth-order valence-electron chi connectivity index (χ4n) is 3.54. The summed E-state index contributed by atoms with van der Waals surface area (Å²) in [5.41, 5.74) is -5.28. The molecule has 1 aliphatic heterocycles. The van der Waals surface area contributed by atoms with Crippen LogP contribution in [0.2, 0.25) is 0 Å². The highest BCUT2D eigenvalue weighted by atomic mass is 19.4. The summed E-state index contributed by atoms with van der Waals surface area (Å²) in [5, 5.41) is 21.4. The van der Waals surface area contributed by atoms with E-state index in [4.69, 9.17) is 4.74 Å². The number of ether oxygens (including phenoxy) is 4. The maximum absolute atomic E-state index is 15.1. The van der Waals surface area contributed by atoms with Gasteiger partial charge in [0.25, 0.3) is 0 Å². The van der Waals surface area contributed by atoms with E-state index < -0.39 is 75.1 Å². The molecule has 1 aliphatic rings. The normalized spacial score (nSPS) is 17.4. The molecular weight excluding hydrogens is 513 g/mol. The molecule has 0 amide bonds. The van der Waals surface area contributed by atoms with Crippen LogP contribution in [0, 0.1) is 0 Å². The number of halogens is 7. The number of phenolic OH excluding ortho intramolecular Hbond substituents is 1. The summed E-state index contributed by atoms with van der Waals surface area (Å²) in [5.74, 6) is -23.7. The number of esters is 2. The van der Waals surface area contributed by atoms with Crippen LogP contribution < -0.4 is 9.47 Å². The fraction of sp³-hybridized carbons (Fsp3) is 0.333. The second-order valence-corrected chi connectivity index (χ2v) is 7.31. The Hall–Kier alpha value is -3.75. The fourth-order valence-corrected chi connectivity index (χ4v) is 3.54. The number of carbonyl (C=O) groups excluding carboxylic acids is 2. The van der Waals surface area contributed by atoms with Crippen molar-refractivity contribution in [2.75, 3.05) is 21.3 Å². The van der Waals surface area contributed by atoms with Gasteiger partial charge in [0, 0.05) is 22.8 Å². The Morgan fingerprint density at radius 1 is 0.944 bits per heavy atom. The monoisotopic (exact) mass is 528 g/mol. The van der Waals surface area contributed by atoms with Crippen LogP contribution in [0.5, 0.6) is 17.2 Å². The van der Waals surface area contributed by atoms with Crippen LogP contribution in [-0.2, 0) is 15.3 Å². The zero-order valence-electron chi connectivity index (χ0n) is 18.3. The molecule has 1 atom stereocenters. The Balaban J connectivity index is 2.57. The van der Waals surface area contributed by atoms with Crippen molar-refractivity contribution in [2.24, 2.45) is 0 Å². The number of aliphatic hydroxyl groups is 1. The van der Waals surface area contributed by atoms with Crippen molar-refractivity contribution < 1.29 is 69.5 Å². The molecule has 196 valence electrons. The summed E-state index contributed by atoms with van der Waals surface area (Å²) < 4.78 is 116. The van der Waals surface area contributed by atoms with Crippen LogP contribution >= 0.6 is 0 Å². The summed E-state index contributed by atoms with van der Waals surface area (Å²) in [6.07, 6.45) is -6.89. The lowest BCUT2D eigenvalue weighted by molar-refractivity contribution is -0.421. The van der Waals surface area contributed by atoms with Crippen LogP contribution in [0.1, 0.15) is 26.3 Å². The van der Waals surface area contributed by atoms with Crippen molar-refractivity contribution in [1.82, 2.24) is 0 Å². The number of alkyl halides is 7. The van der Waals surface area contributed by atoms with Crippen molar-refractivity contribution in [2.45, 2.75) is 23.8 Å². The van der Waals surface area contributed by atoms with E-state index in [9.17, 15) is 41.8 Å². The van der Waals surface area contributed by atoms with Gasteiger partial charge in [0.15, 0.2) is 0 Å². The third-order valence-electron chi connectivity index (χ3n) is 5.35. The molecule has 0 aromatic heterocycles. The number of hydrogen-bond donors (Lipinski definition) is 2. The van der Waals surface area contributed by atoms with Crippen molar-refractivity contribution in [3.05, 3.63) is 41.0 Å². The molecule has 3 rings (SSSR count). The van der Waals surface area contributed by atoms with Crippen LogP contribution in [0.3, 0.4) is 0 Å².